The molecule has 1 aliphatic heterocycles. The number of Topliss-reactive ketones (excluding diaryl/α,β-unsaturated/α-hetero) is 1. The van der Waals surface area contributed by atoms with Crippen LogP contribution in [0.2, 0.25) is 0 Å². The van der Waals surface area contributed by atoms with Crippen LogP contribution in [0.5, 0.6) is 11.5 Å². The van der Waals surface area contributed by atoms with Crippen molar-refractivity contribution in [2.24, 2.45) is 0 Å². The predicted octanol–water partition coefficient (Wildman–Crippen LogP) is 5.30. The molecule has 0 amide bonds. The lowest BCUT2D eigenvalue weighted by Gasteiger charge is -2.24. The maximum Gasteiger partial charge on any atom is 0.167 e. The van der Waals surface area contributed by atoms with E-state index in [1.165, 1.54) is 19.1 Å². The summed E-state index contributed by atoms with van der Waals surface area (Å²) in [4.78, 5) is 13.5. The monoisotopic (exact) mass is 513 g/mol. The van der Waals surface area contributed by atoms with Gasteiger partial charge in [-0.2, -0.15) is 0 Å². The summed E-state index contributed by atoms with van der Waals surface area (Å²) in [6.07, 6.45) is 1.99. The molecule has 1 fully saturated rings. The van der Waals surface area contributed by atoms with E-state index < -0.39 is 0 Å². The van der Waals surface area contributed by atoms with E-state index >= 15 is 0 Å². The van der Waals surface area contributed by atoms with Gasteiger partial charge in [-0.3, -0.25) is 9.69 Å². The van der Waals surface area contributed by atoms with E-state index in [-0.39, 0.29) is 18.2 Å². The van der Waals surface area contributed by atoms with Crippen molar-refractivity contribution in [1.82, 2.24) is 4.90 Å². The van der Waals surface area contributed by atoms with E-state index in [9.17, 15) is 9.18 Å². The Labute approximate surface area is 223 Å². The SMILES string of the molecule is CC(=O)COc1ccc(OC/C=C(/c2ccc(F)cc2)c2ccc(C#CCN3CCOCC3)cc2)cc1C. The molecule has 4 rings (SSSR count). The lowest BCUT2D eigenvalue weighted by atomic mass is 9.96. The number of nitrogens with zero attached hydrogens (tertiary/aromatic N) is 1. The molecule has 5 nitrogen and oxygen atoms in total. The van der Waals surface area contributed by atoms with Gasteiger partial charge in [0.15, 0.2) is 5.78 Å². The number of halogens is 1. The first-order valence-corrected chi connectivity index (χ1v) is 12.7. The zero-order valence-electron chi connectivity index (χ0n) is 21.8. The molecule has 0 N–H and O–H groups in total. The lowest BCUT2D eigenvalue weighted by Crippen LogP contribution is -2.36. The fraction of sp³-hybridized carbons (Fsp3) is 0.281. The quantitative estimate of drug-likeness (QED) is 0.364. The van der Waals surface area contributed by atoms with Crippen LogP contribution >= 0.6 is 0 Å². The molecule has 0 atom stereocenters. The van der Waals surface area contributed by atoms with Gasteiger partial charge in [0.2, 0.25) is 0 Å². The fourth-order valence-corrected chi connectivity index (χ4v) is 4.05. The number of hydrogen-bond acceptors (Lipinski definition) is 5. The van der Waals surface area contributed by atoms with Crippen LogP contribution in [0.15, 0.2) is 72.8 Å². The van der Waals surface area contributed by atoms with Crippen LogP contribution in [0.25, 0.3) is 5.57 Å². The third kappa shape index (κ3) is 8.04. The second-order valence-electron chi connectivity index (χ2n) is 9.12. The van der Waals surface area contributed by atoms with Crippen molar-refractivity contribution in [1.29, 1.82) is 0 Å². The van der Waals surface area contributed by atoms with E-state index in [1.54, 1.807) is 18.2 Å². The highest BCUT2D eigenvalue weighted by atomic mass is 19.1. The highest BCUT2D eigenvalue weighted by molar-refractivity contribution is 5.80. The minimum Gasteiger partial charge on any atom is -0.489 e. The summed E-state index contributed by atoms with van der Waals surface area (Å²) in [5.74, 6) is 7.53. The summed E-state index contributed by atoms with van der Waals surface area (Å²) in [5.41, 5.74) is 4.65. The first-order chi connectivity index (χ1) is 18.5. The van der Waals surface area contributed by atoms with Crippen molar-refractivity contribution in [2.75, 3.05) is 46.1 Å². The van der Waals surface area contributed by atoms with Crippen LogP contribution in [0.1, 0.15) is 29.2 Å². The molecule has 1 saturated heterocycles. The normalized spacial score (nSPS) is 13.9. The maximum absolute atomic E-state index is 13.6. The molecule has 0 saturated carbocycles. The molecule has 0 aromatic heterocycles. The first-order valence-electron chi connectivity index (χ1n) is 12.7. The van der Waals surface area contributed by atoms with E-state index in [0.29, 0.717) is 18.1 Å². The van der Waals surface area contributed by atoms with Gasteiger partial charge in [-0.05, 0) is 84.7 Å². The largest absolute Gasteiger partial charge is 0.489 e. The molecule has 1 heterocycles. The minimum atomic E-state index is -0.280. The van der Waals surface area contributed by atoms with Crippen molar-refractivity contribution >= 4 is 11.4 Å². The van der Waals surface area contributed by atoms with E-state index in [2.05, 4.69) is 16.7 Å². The number of morpholine rings is 1. The average molecular weight is 514 g/mol. The van der Waals surface area contributed by atoms with Crippen molar-refractivity contribution < 1.29 is 23.4 Å². The third-order valence-electron chi connectivity index (χ3n) is 6.11. The number of ether oxygens (including phenoxy) is 3. The van der Waals surface area contributed by atoms with E-state index in [4.69, 9.17) is 14.2 Å². The van der Waals surface area contributed by atoms with Gasteiger partial charge in [-0.25, -0.2) is 4.39 Å². The summed E-state index contributed by atoms with van der Waals surface area (Å²) in [5, 5.41) is 0. The van der Waals surface area contributed by atoms with Gasteiger partial charge >= 0.3 is 0 Å². The Morgan fingerprint density at radius 1 is 1.00 bits per heavy atom. The molecule has 0 radical (unpaired) electrons. The summed E-state index contributed by atoms with van der Waals surface area (Å²) in [7, 11) is 0. The molecule has 3 aromatic rings. The number of ketones is 1. The second-order valence-corrected chi connectivity index (χ2v) is 9.12. The Morgan fingerprint density at radius 2 is 1.68 bits per heavy atom. The fourth-order valence-electron chi connectivity index (χ4n) is 4.05. The number of carbonyl (C=O) groups is 1. The molecule has 0 aliphatic carbocycles. The summed E-state index contributed by atoms with van der Waals surface area (Å²) in [6.45, 7) is 7.85. The highest BCUT2D eigenvalue weighted by Crippen LogP contribution is 2.26. The van der Waals surface area contributed by atoms with Gasteiger partial charge in [-0.1, -0.05) is 36.1 Å². The number of hydrogen-bond donors (Lipinski definition) is 0. The number of carbonyl (C=O) groups excluding carboxylic acids is 1. The van der Waals surface area contributed by atoms with Crippen LogP contribution in [0.3, 0.4) is 0 Å². The standard InChI is InChI=1S/C32H32FNO4/c1-24-22-30(13-14-32(24)38-23-25(2)35)37-19-15-31(28-9-11-29(33)12-10-28)27-7-5-26(6-8-27)4-3-16-34-17-20-36-21-18-34/h5-15,22H,16-21,23H2,1-2H3/b31-15+. The second kappa shape index (κ2) is 13.6. The topological polar surface area (TPSA) is 48.0 Å². The molecule has 0 unspecified atom stereocenters. The van der Waals surface area contributed by atoms with Crippen molar-refractivity contribution in [2.45, 2.75) is 13.8 Å². The lowest BCUT2D eigenvalue weighted by molar-refractivity contribution is -0.118. The minimum absolute atomic E-state index is 0.0312. The van der Waals surface area contributed by atoms with Gasteiger partial charge in [0.05, 0.1) is 19.8 Å². The molecule has 6 heteroatoms. The van der Waals surface area contributed by atoms with Crippen LogP contribution in [0, 0.1) is 24.6 Å². The average Bonchev–Trinajstić information content (AvgIpc) is 2.92. The zero-order chi connectivity index (χ0) is 26.7. The van der Waals surface area contributed by atoms with Crippen LogP contribution in [-0.2, 0) is 9.53 Å². The summed E-state index contributed by atoms with van der Waals surface area (Å²) < 4.78 is 30.5. The smallest absolute Gasteiger partial charge is 0.167 e. The summed E-state index contributed by atoms with van der Waals surface area (Å²) in [6, 6.07) is 20.0. The van der Waals surface area contributed by atoms with Crippen molar-refractivity contribution in [3.63, 3.8) is 0 Å². The highest BCUT2D eigenvalue weighted by Gasteiger charge is 2.09. The molecule has 3 aromatic carbocycles. The number of aryl methyl sites for hydroxylation is 1. The molecule has 196 valence electrons. The zero-order valence-corrected chi connectivity index (χ0v) is 21.8. The Morgan fingerprint density at radius 3 is 2.34 bits per heavy atom. The number of benzene rings is 3. The van der Waals surface area contributed by atoms with Gasteiger partial charge in [0, 0.05) is 18.7 Å². The summed E-state index contributed by atoms with van der Waals surface area (Å²) >= 11 is 0. The molecule has 38 heavy (non-hydrogen) atoms. The Balaban J connectivity index is 1.46. The van der Waals surface area contributed by atoms with Gasteiger partial charge < -0.3 is 14.2 Å². The van der Waals surface area contributed by atoms with Crippen LogP contribution < -0.4 is 9.47 Å². The maximum atomic E-state index is 13.6. The third-order valence-corrected chi connectivity index (χ3v) is 6.11. The molecule has 0 spiro atoms. The molecular weight excluding hydrogens is 481 g/mol. The van der Waals surface area contributed by atoms with Crippen LogP contribution in [-0.4, -0.2) is 56.7 Å². The van der Waals surface area contributed by atoms with Crippen LogP contribution in [0.4, 0.5) is 4.39 Å². The molecule has 1 aliphatic rings. The first kappa shape index (κ1) is 27.1. The Hall–Kier alpha value is -3.92. The Bertz CT molecular complexity index is 1310. The van der Waals surface area contributed by atoms with Gasteiger partial charge in [-0.15, -0.1) is 0 Å². The van der Waals surface area contributed by atoms with E-state index in [1.807, 2.05) is 49.4 Å². The van der Waals surface area contributed by atoms with Crippen molar-refractivity contribution in [3.05, 3.63) is 101 Å². The number of rotatable bonds is 9. The predicted molar refractivity (Wildman–Crippen MR) is 147 cm³/mol. The van der Waals surface area contributed by atoms with E-state index in [0.717, 1.165) is 60.7 Å². The molecule has 0 bridgehead atoms. The van der Waals surface area contributed by atoms with Gasteiger partial charge in [0.1, 0.15) is 30.5 Å². The van der Waals surface area contributed by atoms with Crippen molar-refractivity contribution in [3.8, 4) is 23.3 Å². The Kier molecular flexibility index (Phi) is 9.69. The molecular formula is C32H32FNO4. The van der Waals surface area contributed by atoms with Gasteiger partial charge in [0.25, 0.3) is 0 Å².